The van der Waals surface area contributed by atoms with Gasteiger partial charge in [0.25, 0.3) is 0 Å². The van der Waals surface area contributed by atoms with Crippen molar-refractivity contribution in [1.29, 1.82) is 0 Å². The van der Waals surface area contributed by atoms with E-state index in [-0.39, 0.29) is 0 Å². The third kappa shape index (κ3) is 2.76. The SMILES string of the molecule is CCN(C1CNC1)C(C)c1ccc(C(C)C)cc1. The van der Waals surface area contributed by atoms with Crippen LogP contribution in [0.4, 0.5) is 0 Å². The van der Waals surface area contributed by atoms with E-state index in [9.17, 15) is 0 Å². The second kappa shape index (κ2) is 5.85. The van der Waals surface area contributed by atoms with Crippen molar-refractivity contribution in [3.8, 4) is 0 Å². The number of nitrogens with zero attached hydrogens (tertiary/aromatic N) is 1. The second-order valence-corrected chi connectivity index (χ2v) is 5.64. The van der Waals surface area contributed by atoms with Gasteiger partial charge in [0.1, 0.15) is 0 Å². The van der Waals surface area contributed by atoms with E-state index >= 15 is 0 Å². The van der Waals surface area contributed by atoms with Gasteiger partial charge in [0, 0.05) is 25.2 Å². The Morgan fingerprint density at radius 1 is 1.11 bits per heavy atom. The number of hydrogen-bond donors (Lipinski definition) is 1. The fourth-order valence-corrected chi connectivity index (χ4v) is 2.71. The molecule has 0 aliphatic carbocycles. The average molecular weight is 246 g/mol. The predicted octanol–water partition coefficient (Wildman–Crippen LogP) is 3.16. The van der Waals surface area contributed by atoms with E-state index in [2.05, 4.69) is 62.2 Å². The molecule has 1 heterocycles. The quantitative estimate of drug-likeness (QED) is 0.858. The lowest BCUT2D eigenvalue weighted by Gasteiger charge is -2.41. The molecule has 18 heavy (non-hydrogen) atoms. The topological polar surface area (TPSA) is 15.3 Å². The highest BCUT2D eigenvalue weighted by molar-refractivity contribution is 5.26. The first-order valence-electron chi connectivity index (χ1n) is 7.19. The first-order chi connectivity index (χ1) is 8.63. The van der Waals surface area contributed by atoms with Crippen LogP contribution in [0.15, 0.2) is 24.3 Å². The van der Waals surface area contributed by atoms with Gasteiger partial charge in [-0.05, 0) is 30.5 Å². The van der Waals surface area contributed by atoms with Crippen molar-refractivity contribution >= 4 is 0 Å². The molecule has 0 saturated carbocycles. The first kappa shape index (κ1) is 13.6. The Bertz CT molecular complexity index is 365. The molecule has 0 radical (unpaired) electrons. The van der Waals surface area contributed by atoms with Gasteiger partial charge in [0.05, 0.1) is 0 Å². The molecule has 1 aliphatic rings. The zero-order chi connectivity index (χ0) is 13.1. The summed E-state index contributed by atoms with van der Waals surface area (Å²) < 4.78 is 0. The van der Waals surface area contributed by atoms with E-state index < -0.39 is 0 Å². The molecule has 1 saturated heterocycles. The highest BCUT2D eigenvalue weighted by Gasteiger charge is 2.27. The van der Waals surface area contributed by atoms with Crippen molar-refractivity contribution in [2.45, 2.75) is 45.7 Å². The third-order valence-corrected chi connectivity index (χ3v) is 4.18. The molecule has 2 nitrogen and oxygen atoms in total. The Kier molecular flexibility index (Phi) is 4.41. The predicted molar refractivity (Wildman–Crippen MR) is 78.0 cm³/mol. The van der Waals surface area contributed by atoms with Gasteiger partial charge in [0.2, 0.25) is 0 Å². The largest absolute Gasteiger partial charge is 0.314 e. The molecule has 1 N–H and O–H groups in total. The van der Waals surface area contributed by atoms with Crippen LogP contribution in [-0.4, -0.2) is 30.6 Å². The lowest BCUT2D eigenvalue weighted by molar-refractivity contribution is 0.110. The number of hydrogen-bond acceptors (Lipinski definition) is 2. The summed E-state index contributed by atoms with van der Waals surface area (Å²) in [5, 5.41) is 3.36. The Morgan fingerprint density at radius 3 is 2.06 bits per heavy atom. The summed E-state index contributed by atoms with van der Waals surface area (Å²) in [6.45, 7) is 12.5. The summed E-state index contributed by atoms with van der Waals surface area (Å²) in [6.07, 6.45) is 0. The van der Waals surface area contributed by atoms with Crippen LogP contribution in [0.5, 0.6) is 0 Å². The Hall–Kier alpha value is -0.860. The summed E-state index contributed by atoms with van der Waals surface area (Å²) in [6, 6.07) is 10.4. The van der Waals surface area contributed by atoms with Crippen LogP contribution in [-0.2, 0) is 0 Å². The highest BCUT2D eigenvalue weighted by Crippen LogP contribution is 2.25. The van der Waals surface area contributed by atoms with Crippen molar-refractivity contribution < 1.29 is 0 Å². The maximum atomic E-state index is 3.36. The maximum Gasteiger partial charge on any atom is 0.0351 e. The molecule has 1 aliphatic heterocycles. The summed E-state index contributed by atoms with van der Waals surface area (Å²) in [4.78, 5) is 2.60. The summed E-state index contributed by atoms with van der Waals surface area (Å²) in [5.74, 6) is 0.618. The molecule has 1 fully saturated rings. The molecule has 0 spiro atoms. The van der Waals surface area contributed by atoms with E-state index in [1.165, 1.54) is 11.1 Å². The lowest BCUT2D eigenvalue weighted by atomic mass is 9.97. The van der Waals surface area contributed by atoms with Crippen molar-refractivity contribution in [2.24, 2.45) is 0 Å². The van der Waals surface area contributed by atoms with Crippen molar-refractivity contribution in [3.05, 3.63) is 35.4 Å². The summed E-state index contributed by atoms with van der Waals surface area (Å²) >= 11 is 0. The monoisotopic (exact) mass is 246 g/mol. The summed E-state index contributed by atoms with van der Waals surface area (Å²) in [7, 11) is 0. The van der Waals surface area contributed by atoms with Crippen molar-refractivity contribution in [2.75, 3.05) is 19.6 Å². The van der Waals surface area contributed by atoms with Crippen molar-refractivity contribution in [3.63, 3.8) is 0 Å². The van der Waals surface area contributed by atoms with Crippen LogP contribution in [0.25, 0.3) is 0 Å². The lowest BCUT2D eigenvalue weighted by Crippen LogP contribution is -2.57. The van der Waals surface area contributed by atoms with Gasteiger partial charge in [-0.2, -0.15) is 0 Å². The minimum atomic E-state index is 0.517. The smallest absolute Gasteiger partial charge is 0.0351 e. The van der Waals surface area contributed by atoms with Crippen molar-refractivity contribution in [1.82, 2.24) is 10.2 Å². The van der Waals surface area contributed by atoms with E-state index in [4.69, 9.17) is 0 Å². The molecule has 100 valence electrons. The van der Waals surface area contributed by atoms with Gasteiger partial charge < -0.3 is 5.32 Å². The molecule has 2 heteroatoms. The minimum absolute atomic E-state index is 0.517. The molecule has 0 amide bonds. The molecule has 1 aromatic carbocycles. The fraction of sp³-hybridized carbons (Fsp3) is 0.625. The molecule has 1 atom stereocenters. The molecule has 0 bridgehead atoms. The van der Waals surface area contributed by atoms with Crippen LogP contribution in [0.3, 0.4) is 0 Å². The van der Waals surface area contributed by atoms with Gasteiger partial charge in [-0.1, -0.05) is 45.0 Å². The van der Waals surface area contributed by atoms with Crippen LogP contribution >= 0.6 is 0 Å². The Labute approximate surface area is 111 Å². The minimum Gasteiger partial charge on any atom is -0.314 e. The number of benzene rings is 1. The standard InChI is InChI=1S/C16H26N2/c1-5-18(16-10-17-11-16)13(4)15-8-6-14(7-9-15)12(2)3/h6-9,12-13,16-17H,5,10-11H2,1-4H3. The van der Waals surface area contributed by atoms with Gasteiger partial charge >= 0.3 is 0 Å². The molecule has 0 aromatic heterocycles. The van der Waals surface area contributed by atoms with E-state index in [1.807, 2.05) is 0 Å². The van der Waals surface area contributed by atoms with Crippen LogP contribution < -0.4 is 5.32 Å². The van der Waals surface area contributed by atoms with E-state index in [0.717, 1.165) is 25.7 Å². The van der Waals surface area contributed by atoms with Gasteiger partial charge in [-0.25, -0.2) is 0 Å². The van der Waals surface area contributed by atoms with Gasteiger partial charge in [0.15, 0.2) is 0 Å². The zero-order valence-electron chi connectivity index (χ0n) is 12.1. The zero-order valence-corrected chi connectivity index (χ0v) is 12.1. The molecule has 1 unspecified atom stereocenters. The molecular weight excluding hydrogens is 220 g/mol. The molecule has 1 aromatic rings. The summed E-state index contributed by atoms with van der Waals surface area (Å²) in [5.41, 5.74) is 2.87. The number of rotatable bonds is 5. The Balaban J connectivity index is 2.09. The molecule has 2 rings (SSSR count). The normalized spacial score (nSPS) is 18.1. The first-order valence-corrected chi connectivity index (χ1v) is 7.19. The van der Waals surface area contributed by atoms with Gasteiger partial charge in [-0.3, -0.25) is 4.90 Å². The maximum absolute atomic E-state index is 3.36. The highest BCUT2D eigenvalue weighted by atomic mass is 15.2. The molecular formula is C16H26N2. The number of likely N-dealkylation sites (N-methyl/N-ethyl adjacent to an activating group) is 1. The fourth-order valence-electron chi connectivity index (χ4n) is 2.71. The average Bonchev–Trinajstić information content (AvgIpc) is 2.32. The van der Waals surface area contributed by atoms with E-state index in [0.29, 0.717) is 12.0 Å². The van der Waals surface area contributed by atoms with Gasteiger partial charge in [-0.15, -0.1) is 0 Å². The second-order valence-electron chi connectivity index (χ2n) is 5.64. The van der Waals surface area contributed by atoms with Crippen LogP contribution in [0, 0.1) is 0 Å². The number of nitrogens with one attached hydrogen (secondary N) is 1. The Morgan fingerprint density at radius 2 is 1.67 bits per heavy atom. The van der Waals surface area contributed by atoms with Crippen LogP contribution in [0.1, 0.15) is 50.8 Å². The van der Waals surface area contributed by atoms with Crippen LogP contribution in [0.2, 0.25) is 0 Å². The third-order valence-electron chi connectivity index (χ3n) is 4.18. The van der Waals surface area contributed by atoms with E-state index in [1.54, 1.807) is 0 Å².